The number of benzene rings is 3. The molecule has 0 fully saturated rings. The molecule has 2 amide bonds. The number of hydrogen-bond donors (Lipinski definition) is 2. The number of esters is 1. The average molecular weight is 553 g/mol. The molecule has 0 saturated carbocycles. The summed E-state index contributed by atoms with van der Waals surface area (Å²) in [5.74, 6) is -1.26. The van der Waals surface area contributed by atoms with Gasteiger partial charge in [0.1, 0.15) is 19.3 Å². The van der Waals surface area contributed by atoms with E-state index in [4.69, 9.17) is 9.47 Å². The molecule has 0 aromatic heterocycles. The zero-order chi connectivity index (χ0) is 29.2. The second-order valence-electron chi connectivity index (χ2n) is 10.1. The van der Waals surface area contributed by atoms with Crippen LogP contribution in [-0.2, 0) is 19.1 Å². The minimum atomic E-state index is -0.926. The van der Waals surface area contributed by atoms with Gasteiger partial charge < -0.3 is 20.1 Å². The van der Waals surface area contributed by atoms with E-state index in [1.54, 1.807) is 19.1 Å². The van der Waals surface area contributed by atoms with Crippen molar-refractivity contribution >= 4 is 18.0 Å². The van der Waals surface area contributed by atoms with Gasteiger partial charge in [-0.3, -0.25) is 9.59 Å². The Morgan fingerprint density at radius 1 is 0.805 bits per heavy atom. The number of carbonyl (C=O) groups excluding carboxylic acids is 3. The van der Waals surface area contributed by atoms with Crippen molar-refractivity contribution in [3.63, 3.8) is 0 Å². The lowest BCUT2D eigenvalue weighted by Gasteiger charge is -2.24. The molecule has 0 bridgehead atoms. The van der Waals surface area contributed by atoms with Crippen molar-refractivity contribution in [3.05, 3.63) is 121 Å². The van der Waals surface area contributed by atoms with E-state index in [9.17, 15) is 14.4 Å². The fourth-order valence-electron chi connectivity index (χ4n) is 5.01. The van der Waals surface area contributed by atoms with E-state index in [2.05, 4.69) is 35.9 Å². The lowest BCUT2D eigenvalue weighted by molar-refractivity contribution is -0.149. The Labute approximate surface area is 241 Å². The summed E-state index contributed by atoms with van der Waals surface area (Å²) in [5, 5.41) is 5.60. The van der Waals surface area contributed by atoms with Crippen LogP contribution in [0.4, 0.5) is 4.79 Å². The molecule has 3 aromatic carbocycles. The van der Waals surface area contributed by atoms with Crippen molar-refractivity contribution in [1.29, 1.82) is 0 Å². The highest BCUT2D eigenvalue weighted by Gasteiger charge is 2.30. The standard InChI is InChI=1S/C34H36N2O5/c1-4-13-23(3)33(38)40-22-31(24-15-7-6-8-16-24)35-32(37)30(14-5-2)36-34(39)41-21-29-27-19-11-9-17-25(27)26-18-10-12-20-28(26)29/h4-12,15-20,23,29-31H,1-2,13-14,21-22H2,3H3,(H,35,37)(H,36,39)/t23?,30-,31+/m1/s1. The molecular formula is C34H36N2O5. The Morgan fingerprint density at radius 2 is 1.39 bits per heavy atom. The number of allylic oxidation sites excluding steroid dienone is 1. The molecule has 212 valence electrons. The number of alkyl carbamates (subject to hydrolysis) is 1. The smallest absolute Gasteiger partial charge is 0.407 e. The van der Waals surface area contributed by atoms with Crippen LogP contribution in [0.25, 0.3) is 11.1 Å². The van der Waals surface area contributed by atoms with Gasteiger partial charge in [-0.15, -0.1) is 13.2 Å². The largest absolute Gasteiger partial charge is 0.463 e. The van der Waals surface area contributed by atoms with Gasteiger partial charge in [0.05, 0.1) is 12.0 Å². The topological polar surface area (TPSA) is 93.7 Å². The van der Waals surface area contributed by atoms with Gasteiger partial charge in [0.15, 0.2) is 0 Å². The number of nitrogens with one attached hydrogen (secondary N) is 2. The maximum atomic E-state index is 13.3. The van der Waals surface area contributed by atoms with E-state index in [1.807, 2.05) is 66.7 Å². The first-order chi connectivity index (χ1) is 19.9. The third-order valence-electron chi connectivity index (χ3n) is 7.19. The van der Waals surface area contributed by atoms with Gasteiger partial charge in [0.25, 0.3) is 0 Å². The van der Waals surface area contributed by atoms with E-state index in [1.165, 1.54) is 0 Å². The molecule has 0 radical (unpaired) electrons. The first kappa shape index (κ1) is 29.3. The molecule has 1 unspecified atom stereocenters. The van der Waals surface area contributed by atoms with Crippen LogP contribution in [0.5, 0.6) is 0 Å². The van der Waals surface area contributed by atoms with Crippen molar-refractivity contribution in [1.82, 2.24) is 10.6 Å². The highest BCUT2D eigenvalue weighted by atomic mass is 16.5. The Balaban J connectivity index is 1.40. The lowest BCUT2D eigenvalue weighted by atomic mass is 9.98. The van der Waals surface area contributed by atoms with Gasteiger partial charge in [-0.1, -0.05) is 97.9 Å². The number of fused-ring (bicyclic) bond motifs is 3. The van der Waals surface area contributed by atoms with Gasteiger partial charge in [0.2, 0.25) is 5.91 Å². The highest BCUT2D eigenvalue weighted by Crippen LogP contribution is 2.44. The van der Waals surface area contributed by atoms with Crippen molar-refractivity contribution < 1.29 is 23.9 Å². The van der Waals surface area contributed by atoms with E-state index >= 15 is 0 Å². The SMILES string of the molecule is C=CCC(C)C(=O)OC[C@H](NC(=O)[C@@H](CC=C)NC(=O)OCC1c2ccccc2-c2ccccc21)c1ccccc1. The molecule has 7 nitrogen and oxygen atoms in total. The summed E-state index contributed by atoms with van der Waals surface area (Å²) < 4.78 is 11.2. The molecule has 4 rings (SSSR count). The first-order valence-corrected chi connectivity index (χ1v) is 13.8. The van der Waals surface area contributed by atoms with Crippen molar-refractivity contribution in [2.24, 2.45) is 5.92 Å². The van der Waals surface area contributed by atoms with Gasteiger partial charge in [-0.2, -0.15) is 0 Å². The molecule has 0 heterocycles. The predicted molar refractivity (Wildman–Crippen MR) is 159 cm³/mol. The van der Waals surface area contributed by atoms with Crippen LogP contribution >= 0.6 is 0 Å². The number of rotatable bonds is 13. The van der Waals surface area contributed by atoms with Crippen LogP contribution < -0.4 is 10.6 Å². The van der Waals surface area contributed by atoms with Gasteiger partial charge in [-0.25, -0.2) is 4.79 Å². The van der Waals surface area contributed by atoms with Crippen LogP contribution in [0.1, 0.15) is 48.4 Å². The highest BCUT2D eigenvalue weighted by molar-refractivity contribution is 5.86. The Morgan fingerprint density at radius 3 is 2.00 bits per heavy atom. The molecule has 7 heteroatoms. The van der Waals surface area contributed by atoms with Gasteiger partial charge >= 0.3 is 12.1 Å². The van der Waals surface area contributed by atoms with E-state index in [0.717, 1.165) is 27.8 Å². The summed E-state index contributed by atoms with van der Waals surface area (Å²) >= 11 is 0. The molecule has 1 aliphatic rings. The minimum Gasteiger partial charge on any atom is -0.463 e. The van der Waals surface area contributed by atoms with Crippen LogP contribution in [0.3, 0.4) is 0 Å². The average Bonchev–Trinajstić information content (AvgIpc) is 3.31. The zero-order valence-electron chi connectivity index (χ0n) is 23.3. The van der Waals surface area contributed by atoms with E-state index in [-0.39, 0.29) is 37.4 Å². The summed E-state index contributed by atoms with van der Waals surface area (Å²) in [6.07, 6.45) is 3.20. The summed E-state index contributed by atoms with van der Waals surface area (Å²) in [6, 6.07) is 23.9. The van der Waals surface area contributed by atoms with Crippen LogP contribution in [-0.4, -0.2) is 37.2 Å². The number of amides is 2. The van der Waals surface area contributed by atoms with Crippen LogP contribution in [0.2, 0.25) is 0 Å². The molecule has 1 aliphatic carbocycles. The molecular weight excluding hydrogens is 516 g/mol. The van der Waals surface area contributed by atoms with E-state index < -0.39 is 24.1 Å². The lowest BCUT2D eigenvalue weighted by Crippen LogP contribution is -2.48. The maximum Gasteiger partial charge on any atom is 0.407 e. The third-order valence-corrected chi connectivity index (χ3v) is 7.19. The molecule has 2 N–H and O–H groups in total. The number of ether oxygens (including phenoxy) is 2. The molecule has 3 aromatic rings. The predicted octanol–water partition coefficient (Wildman–Crippen LogP) is 6.08. The number of carbonyl (C=O) groups is 3. The van der Waals surface area contributed by atoms with Gasteiger partial charge in [0, 0.05) is 5.92 Å². The molecule has 3 atom stereocenters. The maximum absolute atomic E-state index is 13.3. The number of hydrogen-bond acceptors (Lipinski definition) is 5. The van der Waals surface area contributed by atoms with Crippen molar-refractivity contribution in [3.8, 4) is 11.1 Å². The molecule has 41 heavy (non-hydrogen) atoms. The summed E-state index contributed by atoms with van der Waals surface area (Å²) in [5.41, 5.74) is 5.23. The van der Waals surface area contributed by atoms with Crippen molar-refractivity contribution in [2.75, 3.05) is 13.2 Å². The second-order valence-corrected chi connectivity index (χ2v) is 10.1. The summed E-state index contributed by atoms with van der Waals surface area (Å²) in [7, 11) is 0. The first-order valence-electron chi connectivity index (χ1n) is 13.8. The van der Waals surface area contributed by atoms with Crippen LogP contribution in [0, 0.1) is 5.92 Å². The van der Waals surface area contributed by atoms with Crippen molar-refractivity contribution in [2.45, 2.75) is 37.8 Å². The molecule has 0 aliphatic heterocycles. The quantitative estimate of drug-likeness (QED) is 0.198. The normalized spacial score (nSPS) is 14.0. The van der Waals surface area contributed by atoms with E-state index in [0.29, 0.717) is 6.42 Å². The Hall–Kier alpha value is -4.65. The van der Waals surface area contributed by atoms with Gasteiger partial charge in [-0.05, 0) is 40.7 Å². The summed E-state index contributed by atoms with van der Waals surface area (Å²) in [4.78, 5) is 38.6. The zero-order valence-corrected chi connectivity index (χ0v) is 23.3. The molecule has 0 spiro atoms. The summed E-state index contributed by atoms with van der Waals surface area (Å²) in [6.45, 7) is 9.24. The Kier molecular flexibility index (Phi) is 10.1. The fraction of sp³-hybridized carbons (Fsp3) is 0.265. The monoisotopic (exact) mass is 552 g/mol. The second kappa shape index (κ2) is 14.1. The fourth-order valence-corrected chi connectivity index (χ4v) is 5.01. The Bertz CT molecular complexity index is 1340. The van der Waals surface area contributed by atoms with Crippen LogP contribution in [0.15, 0.2) is 104 Å². The molecule has 0 saturated heterocycles. The third kappa shape index (κ3) is 7.31. The minimum absolute atomic E-state index is 0.0537.